The van der Waals surface area contributed by atoms with Crippen LogP contribution in [0.2, 0.25) is 5.02 Å². The van der Waals surface area contributed by atoms with E-state index in [1.807, 2.05) is 6.92 Å². The van der Waals surface area contributed by atoms with E-state index in [0.717, 1.165) is 10.8 Å². The molecular weight excluding hydrogens is 222 g/mol. The van der Waals surface area contributed by atoms with Gasteiger partial charge in [0, 0.05) is 7.05 Å². The van der Waals surface area contributed by atoms with E-state index in [4.69, 9.17) is 11.6 Å². The highest BCUT2D eigenvalue weighted by molar-refractivity contribution is 7.99. The summed E-state index contributed by atoms with van der Waals surface area (Å²) in [6.45, 7) is 1.97. The molecule has 0 aromatic carbocycles. The Hall–Kier alpha value is -0.740. The fourth-order valence-electron chi connectivity index (χ4n) is 1.21. The standard InChI is InChI=1S/C9H10ClNO2S/c1-3-14-9-6(4-12)8(10)7(5-13)11(9)2/h4-5H,3H2,1-2H3. The van der Waals surface area contributed by atoms with Crippen molar-refractivity contribution >= 4 is 35.9 Å². The highest BCUT2D eigenvalue weighted by Crippen LogP contribution is 2.31. The highest BCUT2D eigenvalue weighted by Gasteiger charge is 2.18. The monoisotopic (exact) mass is 231 g/mol. The number of aromatic nitrogens is 1. The van der Waals surface area contributed by atoms with E-state index in [1.165, 1.54) is 11.8 Å². The molecule has 14 heavy (non-hydrogen) atoms. The van der Waals surface area contributed by atoms with Crippen LogP contribution in [0, 0.1) is 0 Å². The minimum absolute atomic E-state index is 0.244. The molecular formula is C9H10ClNO2S. The summed E-state index contributed by atoms with van der Waals surface area (Å²) in [6, 6.07) is 0. The second kappa shape index (κ2) is 4.66. The molecule has 0 unspecified atom stereocenters. The Labute approximate surface area is 91.4 Å². The van der Waals surface area contributed by atoms with Gasteiger partial charge in [-0.15, -0.1) is 11.8 Å². The molecule has 0 amide bonds. The van der Waals surface area contributed by atoms with Crippen LogP contribution in [-0.4, -0.2) is 22.9 Å². The molecule has 0 spiro atoms. The van der Waals surface area contributed by atoms with Crippen molar-refractivity contribution in [3.63, 3.8) is 0 Å². The molecule has 0 aliphatic carbocycles. The molecule has 0 saturated carbocycles. The average molecular weight is 232 g/mol. The van der Waals surface area contributed by atoms with Gasteiger partial charge in [0.25, 0.3) is 0 Å². The topological polar surface area (TPSA) is 39.1 Å². The zero-order valence-electron chi connectivity index (χ0n) is 7.91. The Kier molecular flexibility index (Phi) is 3.77. The van der Waals surface area contributed by atoms with Crippen LogP contribution in [0.25, 0.3) is 0 Å². The second-order valence-corrected chi connectivity index (χ2v) is 4.28. The Morgan fingerprint density at radius 2 is 2.07 bits per heavy atom. The first kappa shape index (κ1) is 11.3. The van der Waals surface area contributed by atoms with Gasteiger partial charge in [-0.3, -0.25) is 9.59 Å². The summed E-state index contributed by atoms with van der Waals surface area (Å²) >= 11 is 7.37. The molecule has 5 heteroatoms. The second-order valence-electron chi connectivity index (χ2n) is 2.65. The molecule has 1 aromatic heterocycles. The molecule has 0 fully saturated rings. The zero-order chi connectivity index (χ0) is 10.7. The number of halogens is 1. The molecule has 0 aliphatic rings. The van der Waals surface area contributed by atoms with Gasteiger partial charge in [-0.1, -0.05) is 18.5 Å². The Bertz CT molecular complexity index is 373. The van der Waals surface area contributed by atoms with Crippen molar-refractivity contribution in [1.82, 2.24) is 4.57 Å². The van der Waals surface area contributed by atoms with E-state index in [0.29, 0.717) is 23.8 Å². The highest BCUT2D eigenvalue weighted by atomic mass is 35.5. The molecule has 1 aromatic rings. The largest absolute Gasteiger partial charge is 0.335 e. The quantitative estimate of drug-likeness (QED) is 0.590. The predicted octanol–water partition coefficient (Wildman–Crippen LogP) is 2.42. The molecule has 0 saturated heterocycles. The van der Waals surface area contributed by atoms with Gasteiger partial charge in [0.2, 0.25) is 0 Å². The predicted molar refractivity (Wildman–Crippen MR) is 57.6 cm³/mol. The van der Waals surface area contributed by atoms with Gasteiger partial charge in [0.1, 0.15) is 5.69 Å². The number of thioether (sulfide) groups is 1. The third kappa shape index (κ3) is 1.72. The number of nitrogens with zero attached hydrogens (tertiary/aromatic N) is 1. The van der Waals surface area contributed by atoms with Crippen LogP contribution >= 0.6 is 23.4 Å². The van der Waals surface area contributed by atoms with Gasteiger partial charge >= 0.3 is 0 Å². The van der Waals surface area contributed by atoms with Gasteiger partial charge in [0.15, 0.2) is 12.6 Å². The zero-order valence-corrected chi connectivity index (χ0v) is 9.48. The third-order valence-corrected chi connectivity index (χ3v) is 3.32. The van der Waals surface area contributed by atoms with E-state index in [1.54, 1.807) is 11.6 Å². The summed E-state index contributed by atoms with van der Waals surface area (Å²) in [4.78, 5) is 21.5. The molecule has 0 aliphatic heterocycles. The summed E-state index contributed by atoms with van der Waals surface area (Å²) in [7, 11) is 1.72. The molecule has 76 valence electrons. The molecule has 1 heterocycles. The van der Waals surface area contributed by atoms with E-state index < -0.39 is 0 Å². The summed E-state index contributed by atoms with van der Waals surface area (Å²) in [5.41, 5.74) is 0.757. The van der Waals surface area contributed by atoms with Gasteiger partial charge in [-0.05, 0) is 5.75 Å². The third-order valence-electron chi connectivity index (χ3n) is 1.87. The molecule has 0 bridgehead atoms. The van der Waals surface area contributed by atoms with Crippen LogP contribution in [-0.2, 0) is 7.05 Å². The SMILES string of the molecule is CCSc1c(C=O)c(Cl)c(C=O)n1C. The molecule has 3 nitrogen and oxygen atoms in total. The van der Waals surface area contributed by atoms with E-state index in [-0.39, 0.29) is 5.02 Å². The lowest BCUT2D eigenvalue weighted by Gasteiger charge is -2.01. The van der Waals surface area contributed by atoms with Crippen molar-refractivity contribution in [2.45, 2.75) is 11.9 Å². The Morgan fingerprint density at radius 1 is 1.43 bits per heavy atom. The van der Waals surface area contributed by atoms with Crippen molar-refractivity contribution < 1.29 is 9.59 Å². The number of rotatable bonds is 4. The number of carbonyl (C=O) groups is 2. The molecule has 0 radical (unpaired) electrons. The average Bonchev–Trinajstić information content (AvgIpc) is 2.39. The first-order valence-corrected chi connectivity index (χ1v) is 5.45. The fourth-order valence-corrected chi connectivity index (χ4v) is 2.45. The summed E-state index contributed by atoms with van der Waals surface area (Å²) in [6.07, 6.45) is 1.35. The van der Waals surface area contributed by atoms with Crippen LogP contribution in [0.1, 0.15) is 27.8 Å². The Morgan fingerprint density at radius 3 is 2.50 bits per heavy atom. The maximum atomic E-state index is 10.8. The lowest BCUT2D eigenvalue weighted by Crippen LogP contribution is -1.96. The Balaban J connectivity index is 3.38. The minimum Gasteiger partial charge on any atom is -0.335 e. The van der Waals surface area contributed by atoms with Gasteiger partial charge < -0.3 is 4.57 Å². The first-order valence-electron chi connectivity index (χ1n) is 4.08. The maximum Gasteiger partial charge on any atom is 0.168 e. The van der Waals surface area contributed by atoms with Crippen molar-refractivity contribution in [3.8, 4) is 0 Å². The van der Waals surface area contributed by atoms with Gasteiger partial charge in [0.05, 0.1) is 15.6 Å². The molecule has 0 N–H and O–H groups in total. The van der Waals surface area contributed by atoms with Crippen molar-refractivity contribution in [1.29, 1.82) is 0 Å². The number of hydrogen-bond acceptors (Lipinski definition) is 3. The first-order chi connectivity index (χ1) is 6.67. The van der Waals surface area contributed by atoms with Gasteiger partial charge in [-0.25, -0.2) is 0 Å². The minimum atomic E-state index is 0.244. The smallest absolute Gasteiger partial charge is 0.168 e. The van der Waals surface area contributed by atoms with Crippen molar-refractivity contribution in [3.05, 3.63) is 16.3 Å². The van der Waals surface area contributed by atoms with Gasteiger partial charge in [-0.2, -0.15) is 0 Å². The van der Waals surface area contributed by atoms with Crippen molar-refractivity contribution in [2.24, 2.45) is 7.05 Å². The lowest BCUT2D eigenvalue weighted by molar-refractivity contribution is 0.111. The van der Waals surface area contributed by atoms with Crippen LogP contribution in [0.4, 0.5) is 0 Å². The summed E-state index contributed by atoms with van der Waals surface area (Å²) < 4.78 is 1.65. The van der Waals surface area contributed by atoms with Crippen molar-refractivity contribution in [2.75, 3.05) is 5.75 Å². The molecule has 0 atom stereocenters. The lowest BCUT2D eigenvalue weighted by atomic mass is 10.3. The maximum absolute atomic E-state index is 10.8. The van der Waals surface area contributed by atoms with E-state index >= 15 is 0 Å². The molecule has 1 rings (SSSR count). The van der Waals surface area contributed by atoms with E-state index in [2.05, 4.69) is 0 Å². The number of aldehydes is 2. The van der Waals surface area contributed by atoms with Crippen LogP contribution in [0.5, 0.6) is 0 Å². The fraction of sp³-hybridized carbons (Fsp3) is 0.333. The number of carbonyl (C=O) groups excluding carboxylic acids is 2. The van der Waals surface area contributed by atoms with Crippen LogP contribution in [0.3, 0.4) is 0 Å². The van der Waals surface area contributed by atoms with Crippen LogP contribution < -0.4 is 0 Å². The summed E-state index contributed by atoms with van der Waals surface area (Å²) in [5, 5.41) is 0.989. The van der Waals surface area contributed by atoms with Crippen LogP contribution in [0.15, 0.2) is 5.03 Å². The summed E-state index contributed by atoms with van der Waals surface area (Å²) in [5.74, 6) is 0.827. The van der Waals surface area contributed by atoms with E-state index in [9.17, 15) is 9.59 Å². The number of hydrogen-bond donors (Lipinski definition) is 0. The normalized spacial score (nSPS) is 10.2.